The fourth-order valence-corrected chi connectivity index (χ4v) is 5.30. The fourth-order valence-electron chi connectivity index (χ4n) is 5.30. The molecule has 0 radical (unpaired) electrons. The van der Waals surface area contributed by atoms with Gasteiger partial charge in [0.25, 0.3) is 0 Å². The maximum atomic E-state index is 10.5. The van der Waals surface area contributed by atoms with Crippen LogP contribution in [0.2, 0.25) is 0 Å². The van der Waals surface area contributed by atoms with Crippen molar-refractivity contribution in [3.05, 3.63) is 65.2 Å². The number of ether oxygens (including phenoxy) is 4. The third kappa shape index (κ3) is 3.40. The molecular weight excluding hydrogens is 442 g/mol. The zero-order chi connectivity index (χ0) is 24.3. The molecule has 0 bridgehead atoms. The van der Waals surface area contributed by atoms with Crippen LogP contribution in [0, 0.1) is 0 Å². The number of phenolic OH excluding ortho intramolecular Hbond substituents is 1. The molecule has 3 aliphatic heterocycles. The number of anilines is 1. The van der Waals surface area contributed by atoms with Gasteiger partial charge in [0.1, 0.15) is 24.7 Å². The Morgan fingerprint density at radius 1 is 0.971 bits per heavy atom. The molecule has 3 heterocycles. The average molecular weight is 470 g/mol. The van der Waals surface area contributed by atoms with Crippen LogP contribution in [-0.2, 0) is 0 Å². The maximum Gasteiger partial charge on any atom is 0.172 e. The minimum atomic E-state index is -0.178. The standard InChI is InChI=1S/C29H27NO5/c1-16-15-29(2,3)30-19-9-8-18-25(24(16)19)23(35-21-11-10-20(31)28(32-4)26(18)21)14-17-6-5-7-22-27(17)34-13-12-33-22/h5-11,14-15,30-31H,12-13H2,1-4H3/b23-14-. The van der Waals surface area contributed by atoms with E-state index < -0.39 is 0 Å². The first-order valence-electron chi connectivity index (χ1n) is 11.7. The molecule has 6 nitrogen and oxygen atoms in total. The van der Waals surface area contributed by atoms with E-state index in [0.29, 0.717) is 36.2 Å². The van der Waals surface area contributed by atoms with Crippen LogP contribution in [-0.4, -0.2) is 31.0 Å². The first-order chi connectivity index (χ1) is 16.9. The average Bonchev–Trinajstić information content (AvgIpc) is 2.83. The third-order valence-electron chi connectivity index (χ3n) is 6.56. The summed E-state index contributed by atoms with van der Waals surface area (Å²) in [6.07, 6.45) is 4.23. The molecule has 178 valence electrons. The zero-order valence-corrected chi connectivity index (χ0v) is 20.2. The number of fused-ring (bicyclic) bond motifs is 6. The van der Waals surface area contributed by atoms with E-state index in [1.807, 2.05) is 24.3 Å². The van der Waals surface area contributed by atoms with Gasteiger partial charge in [-0.3, -0.25) is 0 Å². The summed E-state index contributed by atoms with van der Waals surface area (Å²) >= 11 is 0. The second-order valence-electron chi connectivity index (χ2n) is 9.56. The van der Waals surface area contributed by atoms with Crippen LogP contribution in [0.1, 0.15) is 37.5 Å². The van der Waals surface area contributed by atoms with Gasteiger partial charge in [0.15, 0.2) is 23.0 Å². The van der Waals surface area contributed by atoms with Crippen LogP contribution >= 0.6 is 0 Å². The number of rotatable bonds is 2. The van der Waals surface area contributed by atoms with E-state index in [1.54, 1.807) is 19.2 Å². The molecular formula is C29H27NO5. The molecule has 0 saturated heterocycles. The van der Waals surface area contributed by atoms with E-state index >= 15 is 0 Å². The van der Waals surface area contributed by atoms with E-state index in [-0.39, 0.29) is 11.3 Å². The van der Waals surface area contributed by atoms with Gasteiger partial charge in [-0.05, 0) is 56.7 Å². The van der Waals surface area contributed by atoms with Crippen LogP contribution < -0.4 is 24.3 Å². The summed E-state index contributed by atoms with van der Waals surface area (Å²) in [6, 6.07) is 13.4. The normalized spacial score (nSPS) is 17.8. The number of phenols is 1. The number of allylic oxidation sites excluding steroid dienone is 1. The lowest BCUT2D eigenvalue weighted by atomic mass is 9.82. The smallest absolute Gasteiger partial charge is 0.172 e. The summed E-state index contributed by atoms with van der Waals surface area (Å²) in [5.41, 5.74) is 6.53. The van der Waals surface area contributed by atoms with Crippen molar-refractivity contribution in [3.63, 3.8) is 0 Å². The summed E-state index contributed by atoms with van der Waals surface area (Å²) in [5.74, 6) is 3.20. The second-order valence-corrected chi connectivity index (χ2v) is 9.56. The predicted molar refractivity (Wildman–Crippen MR) is 137 cm³/mol. The molecule has 0 amide bonds. The molecule has 0 saturated carbocycles. The Hall–Kier alpha value is -4.06. The topological polar surface area (TPSA) is 69.2 Å². The number of para-hydroxylation sites is 1. The number of hydrogen-bond acceptors (Lipinski definition) is 6. The van der Waals surface area contributed by atoms with E-state index in [0.717, 1.165) is 44.8 Å². The van der Waals surface area contributed by atoms with E-state index in [4.69, 9.17) is 18.9 Å². The van der Waals surface area contributed by atoms with E-state index in [1.165, 1.54) is 0 Å². The molecule has 6 heteroatoms. The summed E-state index contributed by atoms with van der Waals surface area (Å²) in [4.78, 5) is 0. The Labute approximate surface area is 204 Å². The van der Waals surface area contributed by atoms with Crippen molar-refractivity contribution in [2.75, 3.05) is 25.6 Å². The lowest BCUT2D eigenvalue weighted by molar-refractivity contribution is 0.171. The molecule has 3 aromatic rings. The van der Waals surface area contributed by atoms with Crippen LogP contribution in [0.3, 0.4) is 0 Å². The van der Waals surface area contributed by atoms with Crippen molar-refractivity contribution in [2.45, 2.75) is 26.3 Å². The van der Waals surface area contributed by atoms with Gasteiger partial charge in [0, 0.05) is 27.9 Å². The van der Waals surface area contributed by atoms with Crippen molar-refractivity contribution in [2.24, 2.45) is 0 Å². The Morgan fingerprint density at radius 2 is 1.80 bits per heavy atom. The monoisotopic (exact) mass is 469 g/mol. The highest BCUT2D eigenvalue weighted by Crippen LogP contribution is 2.54. The number of methoxy groups -OCH3 is 1. The highest BCUT2D eigenvalue weighted by Gasteiger charge is 2.33. The van der Waals surface area contributed by atoms with Crippen LogP contribution in [0.4, 0.5) is 5.69 Å². The summed E-state index contributed by atoms with van der Waals surface area (Å²) in [7, 11) is 1.56. The lowest BCUT2D eigenvalue weighted by Gasteiger charge is -2.35. The van der Waals surface area contributed by atoms with Crippen molar-refractivity contribution in [3.8, 4) is 39.9 Å². The quantitative estimate of drug-likeness (QED) is 0.457. The molecule has 0 aromatic heterocycles. The molecule has 0 fully saturated rings. The van der Waals surface area contributed by atoms with Gasteiger partial charge in [-0.25, -0.2) is 0 Å². The zero-order valence-electron chi connectivity index (χ0n) is 20.2. The molecule has 0 aliphatic carbocycles. The van der Waals surface area contributed by atoms with Gasteiger partial charge in [0.2, 0.25) is 0 Å². The highest BCUT2D eigenvalue weighted by atomic mass is 16.6. The van der Waals surface area contributed by atoms with Crippen molar-refractivity contribution in [1.82, 2.24) is 0 Å². The van der Waals surface area contributed by atoms with E-state index in [9.17, 15) is 5.11 Å². The summed E-state index contributed by atoms with van der Waals surface area (Å²) < 4.78 is 23.9. The number of aromatic hydroxyl groups is 1. The minimum Gasteiger partial charge on any atom is -0.504 e. The number of hydrogen-bond donors (Lipinski definition) is 2. The maximum absolute atomic E-state index is 10.5. The largest absolute Gasteiger partial charge is 0.504 e. The lowest BCUT2D eigenvalue weighted by Crippen LogP contribution is -2.32. The molecule has 0 atom stereocenters. The van der Waals surface area contributed by atoms with Gasteiger partial charge in [-0.15, -0.1) is 0 Å². The van der Waals surface area contributed by atoms with Crippen molar-refractivity contribution in [1.29, 1.82) is 0 Å². The molecule has 3 aliphatic rings. The van der Waals surface area contributed by atoms with Gasteiger partial charge in [-0.1, -0.05) is 24.3 Å². The number of benzene rings is 3. The molecule has 2 N–H and O–H groups in total. The summed E-state index contributed by atoms with van der Waals surface area (Å²) in [5, 5.41) is 14.2. The van der Waals surface area contributed by atoms with Gasteiger partial charge in [0.05, 0.1) is 18.2 Å². The van der Waals surface area contributed by atoms with Gasteiger partial charge < -0.3 is 29.4 Å². The Bertz CT molecular complexity index is 1430. The highest BCUT2D eigenvalue weighted by molar-refractivity contribution is 6.02. The Morgan fingerprint density at radius 3 is 2.63 bits per heavy atom. The third-order valence-corrected chi connectivity index (χ3v) is 6.56. The van der Waals surface area contributed by atoms with E-state index in [2.05, 4.69) is 44.3 Å². The molecule has 0 unspecified atom stereocenters. The van der Waals surface area contributed by atoms with Crippen LogP contribution in [0.25, 0.3) is 28.5 Å². The SMILES string of the molecule is COc1c(O)ccc2c1-c1ccc3c(c1/C(=C/c1cccc4c1OCCO4)O2)C(C)=CC(C)(C)N3. The first-order valence-corrected chi connectivity index (χ1v) is 11.7. The summed E-state index contributed by atoms with van der Waals surface area (Å²) in [6.45, 7) is 7.45. The van der Waals surface area contributed by atoms with Gasteiger partial charge >= 0.3 is 0 Å². The van der Waals surface area contributed by atoms with Crippen LogP contribution in [0.15, 0.2) is 48.5 Å². The van der Waals surface area contributed by atoms with Crippen molar-refractivity contribution >= 4 is 23.1 Å². The minimum absolute atomic E-state index is 0.0696. The number of nitrogens with one attached hydrogen (secondary N) is 1. The van der Waals surface area contributed by atoms with Crippen LogP contribution in [0.5, 0.6) is 28.7 Å². The molecule has 3 aromatic carbocycles. The van der Waals surface area contributed by atoms with Gasteiger partial charge in [-0.2, -0.15) is 0 Å². The molecule has 0 spiro atoms. The molecule has 35 heavy (non-hydrogen) atoms. The Kier molecular flexibility index (Phi) is 4.74. The Balaban J connectivity index is 1.65. The first kappa shape index (κ1) is 21.5. The van der Waals surface area contributed by atoms with Crippen molar-refractivity contribution < 1.29 is 24.1 Å². The predicted octanol–water partition coefficient (Wildman–Crippen LogP) is 6.34. The molecule has 6 rings (SSSR count). The fraction of sp³-hybridized carbons (Fsp3) is 0.241. The second kappa shape index (κ2) is 7.73.